The van der Waals surface area contributed by atoms with Gasteiger partial charge in [0.2, 0.25) is 0 Å². The zero-order valence-corrected chi connectivity index (χ0v) is 11.5. The third-order valence-electron chi connectivity index (χ3n) is 3.89. The topological polar surface area (TPSA) is 21.8 Å². The Morgan fingerprint density at radius 3 is 2.56 bits per heavy atom. The van der Waals surface area contributed by atoms with Crippen LogP contribution in [0.15, 0.2) is 11.6 Å². The van der Waals surface area contributed by atoms with E-state index in [0.717, 1.165) is 12.8 Å². The van der Waals surface area contributed by atoms with E-state index in [1.54, 1.807) is 7.11 Å². The van der Waals surface area contributed by atoms with Gasteiger partial charge >= 0.3 is 0 Å². The summed E-state index contributed by atoms with van der Waals surface area (Å²) in [5, 5.41) is 0. The molecule has 0 radical (unpaired) electrons. The van der Waals surface area contributed by atoms with Crippen LogP contribution in [0.3, 0.4) is 0 Å². The van der Waals surface area contributed by atoms with E-state index in [4.69, 9.17) is 9.47 Å². The van der Waals surface area contributed by atoms with Crippen LogP contribution in [0, 0.1) is 5.92 Å². The van der Waals surface area contributed by atoms with Crippen molar-refractivity contribution >= 4 is 0 Å². The van der Waals surface area contributed by atoms with Crippen molar-refractivity contribution in [3.05, 3.63) is 11.6 Å². The highest BCUT2D eigenvalue weighted by molar-refractivity contribution is 5.08. The van der Waals surface area contributed by atoms with E-state index in [1.807, 2.05) is 0 Å². The van der Waals surface area contributed by atoms with Crippen LogP contribution in [0.2, 0.25) is 0 Å². The highest BCUT2D eigenvalue weighted by Gasteiger charge is 2.56. The molecule has 4 unspecified atom stereocenters. The minimum atomic E-state index is 0.0165. The van der Waals surface area contributed by atoms with Gasteiger partial charge in [-0.1, -0.05) is 25.5 Å². The SMILES string of the molecule is CCC(OC)C(C)C1(C)OC1CC=C(C)C. The van der Waals surface area contributed by atoms with Gasteiger partial charge in [0.25, 0.3) is 0 Å². The predicted molar refractivity (Wildman–Crippen MR) is 67.6 cm³/mol. The van der Waals surface area contributed by atoms with E-state index in [9.17, 15) is 0 Å². The number of hydrogen-bond acceptors (Lipinski definition) is 2. The second kappa shape index (κ2) is 5.33. The lowest BCUT2D eigenvalue weighted by molar-refractivity contribution is 0.0246. The van der Waals surface area contributed by atoms with Gasteiger partial charge in [-0.3, -0.25) is 0 Å². The van der Waals surface area contributed by atoms with Crippen LogP contribution >= 0.6 is 0 Å². The fraction of sp³-hybridized carbons (Fsp3) is 0.857. The molecule has 0 aromatic rings. The Hall–Kier alpha value is -0.340. The summed E-state index contributed by atoms with van der Waals surface area (Å²) >= 11 is 0. The molecule has 0 aliphatic carbocycles. The second-order valence-corrected chi connectivity index (χ2v) is 5.28. The average Bonchev–Trinajstić information content (AvgIpc) is 2.90. The van der Waals surface area contributed by atoms with Gasteiger partial charge in [0.15, 0.2) is 0 Å². The van der Waals surface area contributed by atoms with Gasteiger partial charge in [-0.15, -0.1) is 0 Å². The van der Waals surface area contributed by atoms with E-state index in [2.05, 4.69) is 40.7 Å². The van der Waals surface area contributed by atoms with E-state index in [0.29, 0.717) is 18.1 Å². The standard InChI is InChI=1S/C14H26O2/c1-7-12(15-6)11(4)14(5)13(16-14)9-8-10(2)3/h8,11-13H,7,9H2,1-6H3. The van der Waals surface area contributed by atoms with Crippen molar-refractivity contribution in [2.75, 3.05) is 7.11 Å². The zero-order chi connectivity index (χ0) is 12.3. The molecule has 0 aromatic heterocycles. The molecular weight excluding hydrogens is 200 g/mol. The largest absolute Gasteiger partial charge is 0.381 e. The lowest BCUT2D eigenvalue weighted by Crippen LogP contribution is -2.32. The van der Waals surface area contributed by atoms with Crippen molar-refractivity contribution in [1.29, 1.82) is 0 Å². The Bertz CT molecular complexity index is 251. The lowest BCUT2D eigenvalue weighted by Gasteiger charge is -2.25. The fourth-order valence-electron chi connectivity index (χ4n) is 2.39. The first-order chi connectivity index (χ1) is 7.45. The van der Waals surface area contributed by atoms with Crippen molar-refractivity contribution in [1.82, 2.24) is 0 Å². The molecule has 2 heteroatoms. The predicted octanol–water partition coefficient (Wildman–Crippen LogP) is 3.56. The summed E-state index contributed by atoms with van der Waals surface area (Å²) in [5.41, 5.74) is 1.38. The first kappa shape index (κ1) is 13.7. The summed E-state index contributed by atoms with van der Waals surface area (Å²) in [7, 11) is 1.79. The van der Waals surface area contributed by atoms with Gasteiger partial charge in [0, 0.05) is 13.0 Å². The highest BCUT2D eigenvalue weighted by atomic mass is 16.6. The zero-order valence-electron chi connectivity index (χ0n) is 11.5. The molecular formula is C14H26O2. The number of epoxide rings is 1. The lowest BCUT2D eigenvalue weighted by atomic mass is 9.85. The first-order valence-electron chi connectivity index (χ1n) is 6.29. The molecule has 1 fully saturated rings. The van der Waals surface area contributed by atoms with Crippen LogP contribution in [-0.4, -0.2) is 24.9 Å². The summed E-state index contributed by atoms with van der Waals surface area (Å²) in [5.74, 6) is 0.457. The number of hydrogen-bond donors (Lipinski definition) is 0. The number of methoxy groups -OCH3 is 1. The first-order valence-corrected chi connectivity index (χ1v) is 6.29. The third kappa shape index (κ3) is 2.86. The molecule has 1 rings (SSSR count). The molecule has 94 valence electrons. The monoisotopic (exact) mass is 226 g/mol. The van der Waals surface area contributed by atoms with Crippen molar-refractivity contribution in [3.8, 4) is 0 Å². The Kier molecular flexibility index (Phi) is 4.57. The Balaban J connectivity index is 2.52. The molecule has 1 heterocycles. The summed E-state index contributed by atoms with van der Waals surface area (Å²) in [6, 6.07) is 0. The van der Waals surface area contributed by atoms with Crippen molar-refractivity contribution < 1.29 is 9.47 Å². The number of ether oxygens (including phenoxy) is 2. The molecule has 0 amide bonds. The molecule has 1 aliphatic rings. The van der Waals surface area contributed by atoms with Gasteiger partial charge in [0.1, 0.15) is 0 Å². The molecule has 0 saturated carbocycles. The normalized spacial score (nSPS) is 32.0. The Morgan fingerprint density at radius 1 is 1.50 bits per heavy atom. The minimum absolute atomic E-state index is 0.0165. The molecule has 0 spiro atoms. The summed E-state index contributed by atoms with van der Waals surface area (Å²) in [6.07, 6.45) is 5.02. The van der Waals surface area contributed by atoms with Crippen molar-refractivity contribution in [2.45, 2.75) is 65.3 Å². The Labute approximate surface area is 100 Å². The minimum Gasteiger partial charge on any atom is -0.381 e. The smallest absolute Gasteiger partial charge is 0.0973 e. The van der Waals surface area contributed by atoms with E-state index in [-0.39, 0.29) is 5.60 Å². The molecule has 1 aliphatic heterocycles. The van der Waals surface area contributed by atoms with Gasteiger partial charge in [-0.05, 0) is 33.6 Å². The molecule has 16 heavy (non-hydrogen) atoms. The summed E-state index contributed by atoms with van der Waals surface area (Å²) < 4.78 is 11.4. The van der Waals surface area contributed by atoms with Gasteiger partial charge < -0.3 is 9.47 Å². The van der Waals surface area contributed by atoms with E-state index < -0.39 is 0 Å². The molecule has 4 atom stereocenters. The molecule has 1 saturated heterocycles. The Morgan fingerprint density at radius 2 is 2.12 bits per heavy atom. The van der Waals surface area contributed by atoms with Gasteiger partial charge in [0.05, 0.1) is 17.8 Å². The second-order valence-electron chi connectivity index (χ2n) is 5.28. The van der Waals surface area contributed by atoms with Crippen LogP contribution in [-0.2, 0) is 9.47 Å². The highest BCUT2D eigenvalue weighted by Crippen LogP contribution is 2.47. The van der Waals surface area contributed by atoms with Crippen LogP contribution in [0.25, 0.3) is 0 Å². The average molecular weight is 226 g/mol. The maximum atomic E-state index is 5.88. The maximum absolute atomic E-state index is 5.88. The van der Waals surface area contributed by atoms with E-state index in [1.165, 1.54) is 5.57 Å². The van der Waals surface area contributed by atoms with Crippen LogP contribution in [0.4, 0.5) is 0 Å². The van der Waals surface area contributed by atoms with E-state index >= 15 is 0 Å². The molecule has 2 nitrogen and oxygen atoms in total. The number of rotatable bonds is 6. The van der Waals surface area contributed by atoms with Crippen molar-refractivity contribution in [2.24, 2.45) is 5.92 Å². The van der Waals surface area contributed by atoms with Crippen LogP contribution in [0.1, 0.15) is 47.5 Å². The molecule has 0 N–H and O–H groups in total. The summed E-state index contributed by atoms with van der Waals surface area (Å²) in [6.45, 7) is 10.9. The fourth-order valence-corrected chi connectivity index (χ4v) is 2.39. The van der Waals surface area contributed by atoms with Crippen molar-refractivity contribution in [3.63, 3.8) is 0 Å². The summed E-state index contributed by atoms with van der Waals surface area (Å²) in [4.78, 5) is 0. The van der Waals surface area contributed by atoms with Gasteiger partial charge in [-0.25, -0.2) is 0 Å². The van der Waals surface area contributed by atoms with Crippen LogP contribution < -0.4 is 0 Å². The molecule has 0 aromatic carbocycles. The third-order valence-corrected chi connectivity index (χ3v) is 3.89. The quantitative estimate of drug-likeness (QED) is 0.510. The van der Waals surface area contributed by atoms with Crippen LogP contribution in [0.5, 0.6) is 0 Å². The number of allylic oxidation sites excluding steroid dienone is 1. The van der Waals surface area contributed by atoms with Gasteiger partial charge in [-0.2, -0.15) is 0 Å². The molecule has 0 bridgehead atoms. The maximum Gasteiger partial charge on any atom is 0.0973 e.